The Kier molecular flexibility index (Phi) is 5.47. The van der Waals surface area contributed by atoms with Crippen molar-refractivity contribution in [3.8, 4) is 5.69 Å². The van der Waals surface area contributed by atoms with Crippen molar-refractivity contribution >= 4 is 40.0 Å². The third-order valence-electron chi connectivity index (χ3n) is 5.89. The molecule has 4 aromatic rings. The summed E-state index contributed by atoms with van der Waals surface area (Å²) in [6, 6.07) is 5.24. The van der Waals surface area contributed by atoms with E-state index < -0.39 is 41.3 Å². The smallest absolute Gasteiger partial charge is 0.346 e. The van der Waals surface area contributed by atoms with Crippen LogP contribution in [0.25, 0.3) is 16.5 Å². The fourth-order valence-corrected chi connectivity index (χ4v) is 4.45. The van der Waals surface area contributed by atoms with Gasteiger partial charge >= 0.3 is 6.18 Å². The standard InChI is InChI=1S/C22H17ClF3N7O2/c1-11(32-7-3-6-28-32)15(8-23)30-21(35)14-9-29-33(18(14)22(24,25)26)16-10-27-19-17-12(16)4-2-5-13(17)20(34)31-19/h2-7,9-11,15H,8H2,1H3,(H,30,35)(H,27,31,34)/t11-,15?/m0/s1. The Labute approximate surface area is 200 Å². The fraction of sp³-hybridized carbons (Fsp3) is 0.227. The molecule has 0 aliphatic carbocycles. The van der Waals surface area contributed by atoms with Gasteiger partial charge in [0.25, 0.3) is 11.8 Å². The van der Waals surface area contributed by atoms with Gasteiger partial charge in [-0.25, -0.2) is 9.67 Å². The number of rotatable bonds is 6. The van der Waals surface area contributed by atoms with Crippen LogP contribution in [0.2, 0.25) is 0 Å². The normalized spacial score (nSPS) is 14.7. The summed E-state index contributed by atoms with van der Waals surface area (Å²) in [6.45, 7) is 1.74. The molecule has 1 aliphatic heterocycles. The molecular formula is C22H17ClF3N7O2. The highest BCUT2D eigenvalue weighted by Crippen LogP contribution is 2.38. The lowest BCUT2D eigenvalue weighted by atomic mass is 10.1. The number of carbonyl (C=O) groups excluding carboxylic acids is 2. The van der Waals surface area contributed by atoms with Crippen molar-refractivity contribution in [2.75, 3.05) is 11.2 Å². The topological polar surface area (TPSA) is 107 Å². The van der Waals surface area contributed by atoms with Gasteiger partial charge in [-0.2, -0.15) is 23.4 Å². The van der Waals surface area contributed by atoms with Crippen LogP contribution in [0, 0.1) is 0 Å². The highest BCUT2D eigenvalue weighted by atomic mass is 35.5. The van der Waals surface area contributed by atoms with Gasteiger partial charge in [-0.1, -0.05) is 12.1 Å². The van der Waals surface area contributed by atoms with E-state index in [1.54, 1.807) is 48.3 Å². The van der Waals surface area contributed by atoms with E-state index in [2.05, 4.69) is 25.8 Å². The van der Waals surface area contributed by atoms with Crippen molar-refractivity contribution in [2.45, 2.75) is 25.2 Å². The molecule has 9 nitrogen and oxygen atoms in total. The SMILES string of the molecule is C[C@@H](C(CCl)NC(=O)c1cnn(-c2cnc3c4c(cccc24)C(=O)N3)c1C(F)(F)F)n1cccn1. The zero-order chi connectivity index (χ0) is 24.9. The molecule has 1 aliphatic rings. The van der Waals surface area contributed by atoms with E-state index in [0.717, 1.165) is 6.20 Å². The summed E-state index contributed by atoms with van der Waals surface area (Å²) < 4.78 is 44.9. The molecule has 0 spiro atoms. The molecule has 0 fully saturated rings. The molecule has 35 heavy (non-hydrogen) atoms. The van der Waals surface area contributed by atoms with Crippen LogP contribution >= 0.6 is 11.6 Å². The Morgan fingerprint density at radius 1 is 1.23 bits per heavy atom. The molecule has 0 saturated carbocycles. The number of anilines is 1. The number of hydrogen-bond acceptors (Lipinski definition) is 5. The molecule has 13 heteroatoms. The predicted octanol–water partition coefficient (Wildman–Crippen LogP) is 3.80. The maximum absolute atomic E-state index is 14.3. The number of hydrogen-bond donors (Lipinski definition) is 2. The van der Waals surface area contributed by atoms with Gasteiger partial charge in [-0.3, -0.25) is 14.3 Å². The lowest BCUT2D eigenvalue weighted by Crippen LogP contribution is -2.42. The second-order valence-electron chi connectivity index (χ2n) is 7.95. The van der Waals surface area contributed by atoms with Crippen LogP contribution in [0.1, 0.15) is 39.4 Å². The van der Waals surface area contributed by atoms with E-state index in [1.165, 1.54) is 6.20 Å². The summed E-state index contributed by atoms with van der Waals surface area (Å²) in [4.78, 5) is 29.3. The number of amides is 2. The van der Waals surface area contributed by atoms with Crippen LogP contribution in [-0.4, -0.2) is 48.3 Å². The van der Waals surface area contributed by atoms with Crippen LogP contribution < -0.4 is 10.6 Å². The van der Waals surface area contributed by atoms with Gasteiger partial charge in [0.05, 0.1) is 41.3 Å². The van der Waals surface area contributed by atoms with Gasteiger partial charge in [0.15, 0.2) is 5.69 Å². The number of alkyl halides is 4. The van der Waals surface area contributed by atoms with Crippen LogP contribution in [0.4, 0.5) is 19.0 Å². The zero-order valence-electron chi connectivity index (χ0n) is 18.0. The average molecular weight is 504 g/mol. The molecule has 180 valence electrons. The first-order chi connectivity index (χ1) is 16.7. The Balaban J connectivity index is 1.57. The van der Waals surface area contributed by atoms with E-state index >= 15 is 0 Å². The summed E-state index contributed by atoms with van der Waals surface area (Å²) in [6.07, 6.45) is 0.319. The second kappa shape index (κ2) is 8.38. The number of benzene rings is 1. The molecule has 2 N–H and O–H groups in total. The highest BCUT2D eigenvalue weighted by molar-refractivity contribution is 6.24. The lowest BCUT2D eigenvalue weighted by Gasteiger charge is -2.23. The molecule has 0 saturated heterocycles. The minimum absolute atomic E-state index is 0.0210. The van der Waals surface area contributed by atoms with E-state index in [9.17, 15) is 22.8 Å². The quantitative estimate of drug-likeness (QED) is 0.389. The van der Waals surface area contributed by atoms with Gasteiger partial charge in [0.1, 0.15) is 5.82 Å². The first kappa shape index (κ1) is 22.8. The molecule has 2 amide bonds. The Morgan fingerprint density at radius 3 is 2.71 bits per heavy atom. The molecule has 3 aromatic heterocycles. The zero-order valence-corrected chi connectivity index (χ0v) is 18.8. The average Bonchev–Trinajstić information content (AvgIpc) is 3.57. The summed E-state index contributed by atoms with van der Waals surface area (Å²) in [7, 11) is 0. The molecule has 1 unspecified atom stereocenters. The van der Waals surface area contributed by atoms with Crippen molar-refractivity contribution in [3.63, 3.8) is 0 Å². The maximum atomic E-state index is 14.3. The molecule has 2 atom stereocenters. The minimum Gasteiger partial charge on any atom is -0.346 e. The minimum atomic E-state index is -4.93. The molecular weight excluding hydrogens is 487 g/mol. The maximum Gasteiger partial charge on any atom is 0.434 e. The number of nitrogens with zero attached hydrogens (tertiary/aromatic N) is 5. The van der Waals surface area contributed by atoms with Gasteiger partial charge in [-0.15, -0.1) is 11.6 Å². The van der Waals surface area contributed by atoms with Gasteiger partial charge in [-0.05, 0) is 19.1 Å². The van der Waals surface area contributed by atoms with Gasteiger partial charge in [0, 0.05) is 29.0 Å². The number of carbonyl (C=O) groups is 2. The monoisotopic (exact) mass is 503 g/mol. The van der Waals surface area contributed by atoms with E-state index in [4.69, 9.17) is 11.6 Å². The van der Waals surface area contributed by atoms with Crippen LogP contribution in [0.15, 0.2) is 49.1 Å². The molecule has 0 radical (unpaired) electrons. The lowest BCUT2D eigenvalue weighted by molar-refractivity contribution is -0.143. The van der Waals surface area contributed by atoms with Gasteiger partial charge in [0.2, 0.25) is 0 Å². The van der Waals surface area contributed by atoms with Crippen LogP contribution in [0.5, 0.6) is 0 Å². The molecule has 5 rings (SSSR count). The van der Waals surface area contributed by atoms with Crippen LogP contribution in [-0.2, 0) is 6.18 Å². The number of pyridine rings is 1. The first-order valence-electron chi connectivity index (χ1n) is 10.4. The van der Waals surface area contributed by atoms with E-state index in [-0.39, 0.29) is 17.4 Å². The summed E-state index contributed by atoms with van der Waals surface area (Å²) in [5, 5.41) is 13.9. The second-order valence-corrected chi connectivity index (χ2v) is 8.26. The van der Waals surface area contributed by atoms with Crippen molar-refractivity contribution in [1.82, 2.24) is 29.9 Å². The molecule has 4 heterocycles. The van der Waals surface area contributed by atoms with Crippen LogP contribution in [0.3, 0.4) is 0 Å². The summed E-state index contributed by atoms with van der Waals surface area (Å²) in [5.41, 5.74) is -1.66. The Hall–Kier alpha value is -3.93. The highest BCUT2D eigenvalue weighted by Gasteiger charge is 2.41. The summed E-state index contributed by atoms with van der Waals surface area (Å²) in [5.74, 6) is -1.18. The first-order valence-corrected chi connectivity index (χ1v) is 11.0. The molecule has 0 bridgehead atoms. The van der Waals surface area contributed by atoms with E-state index in [1.807, 2.05) is 0 Å². The number of halogens is 4. The van der Waals surface area contributed by atoms with E-state index in [0.29, 0.717) is 21.0 Å². The summed E-state index contributed by atoms with van der Waals surface area (Å²) >= 11 is 6.01. The third kappa shape index (κ3) is 3.79. The van der Waals surface area contributed by atoms with Crippen molar-refractivity contribution in [3.05, 3.63) is 65.9 Å². The Bertz CT molecular complexity index is 1450. The third-order valence-corrected chi connectivity index (χ3v) is 6.22. The number of nitrogens with one attached hydrogen (secondary N) is 2. The number of aromatic nitrogens is 5. The van der Waals surface area contributed by atoms with Crippen molar-refractivity contribution < 1.29 is 22.8 Å². The van der Waals surface area contributed by atoms with Gasteiger partial charge < -0.3 is 10.6 Å². The largest absolute Gasteiger partial charge is 0.434 e. The predicted molar refractivity (Wildman–Crippen MR) is 121 cm³/mol. The molecule has 1 aromatic carbocycles. The van der Waals surface area contributed by atoms with Crippen molar-refractivity contribution in [2.24, 2.45) is 0 Å². The van der Waals surface area contributed by atoms with Crippen molar-refractivity contribution in [1.29, 1.82) is 0 Å². The Morgan fingerprint density at radius 2 is 2.03 bits per heavy atom. The fourth-order valence-electron chi connectivity index (χ4n) is 4.12.